The molecule has 1 aliphatic rings. The van der Waals surface area contributed by atoms with Gasteiger partial charge in [0.1, 0.15) is 11.9 Å². The van der Waals surface area contributed by atoms with Gasteiger partial charge >= 0.3 is 0 Å². The number of nitrogens with one attached hydrogen (secondary N) is 1. The second kappa shape index (κ2) is 7.11. The quantitative estimate of drug-likeness (QED) is 0.868. The molecular formula is C15H21ClN2O3. The van der Waals surface area contributed by atoms with Gasteiger partial charge in [0.05, 0.1) is 17.1 Å². The smallest absolute Gasteiger partial charge is 0.240 e. The Hall–Kier alpha value is -1.30. The number of halogens is 1. The normalized spacial score (nSPS) is 18.8. The number of hydrogen-bond donors (Lipinski definition) is 2. The van der Waals surface area contributed by atoms with E-state index in [1.807, 2.05) is 19.1 Å². The van der Waals surface area contributed by atoms with Gasteiger partial charge in [0.2, 0.25) is 5.91 Å². The number of hydrogen-bond acceptors (Lipinski definition) is 4. The van der Waals surface area contributed by atoms with Crippen LogP contribution in [-0.4, -0.2) is 37.3 Å². The maximum atomic E-state index is 12.2. The Morgan fingerprint density at radius 2 is 2.14 bits per heavy atom. The summed E-state index contributed by atoms with van der Waals surface area (Å²) in [6.07, 6.45) is 0.884. The lowest BCUT2D eigenvalue weighted by Crippen LogP contribution is -2.57. The van der Waals surface area contributed by atoms with Crippen molar-refractivity contribution in [2.24, 2.45) is 5.73 Å². The topological polar surface area (TPSA) is 73.6 Å². The van der Waals surface area contributed by atoms with Crippen LogP contribution in [0.2, 0.25) is 5.02 Å². The molecule has 3 N–H and O–H groups in total. The third-order valence-electron chi connectivity index (χ3n) is 3.55. The fourth-order valence-electron chi connectivity index (χ4n) is 2.17. The van der Waals surface area contributed by atoms with Gasteiger partial charge < -0.3 is 20.5 Å². The van der Waals surface area contributed by atoms with Crippen molar-refractivity contribution in [3.05, 3.63) is 29.3 Å². The molecule has 6 heteroatoms. The van der Waals surface area contributed by atoms with E-state index in [-0.39, 0.29) is 12.0 Å². The maximum absolute atomic E-state index is 12.2. The minimum Gasteiger partial charge on any atom is -0.487 e. The SMILES string of the molecule is CC(CNC(=O)C1(N)CCOCC1)Oc1ccccc1Cl. The van der Waals surface area contributed by atoms with Crippen LogP contribution in [0.25, 0.3) is 0 Å². The first-order chi connectivity index (χ1) is 10.0. The van der Waals surface area contributed by atoms with Crippen LogP contribution in [0.3, 0.4) is 0 Å². The first-order valence-corrected chi connectivity index (χ1v) is 7.45. The van der Waals surface area contributed by atoms with E-state index in [4.69, 9.17) is 26.8 Å². The Balaban J connectivity index is 1.82. The van der Waals surface area contributed by atoms with Gasteiger partial charge in [-0.3, -0.25) is 4.79 Å². The van der Waals surface area contributed by atoms with Crippen molar-refractivity contribution in [2.75, 3.05) is 19.8 Å². The lowest BCUT2D eigenvalue weighted by atomic mass is 9.90. The molecule has 2 rings (SSSR count). The molecule has 1 aromatic carbocycles. The van der Waals surface area contributed by atoms with Crippen molar-refractivity contribution < 1.29 is 14.3 Å². The number of carbonyl (C=O) groups excluding carboxylic acids is 1. The lowest BCUT2D eigenvalue weighted by molar-refractivity contribution is -0.130. The van der Waals surface area contributed by atoms with Crippen molar-refractivity contribution in [3.63, 3.8) is 0 Å². The Labute approximate surface area is 129 Å². The Morgan fingerprint density at radius 3 is 2.81 bits per heavy atom. The number of para-hydroxylation sites is 1. The van der Waals surface area contributed by atoms with Gasteiger partial charge in [-0.05, 0) is 31.9 Å². The summed E-state index contributed by atoms with van der Waals surface area (Å²) in [5.74, 6) is 0.454. The molecule has 116 valence electrons. The standard InChI is InChI=1S/C15H21ClN2O3/c1-11(21-13-5-3-2-4-12(13)16)10-18-14(19)15(17)6-8-20-9-7-15/h2-5,11H,6-10,17H2,1H3,(H,18,19). The van der Waals surface area contributed by atoms with Crippen molar-refractivity contribution in [3.8, 4) is 5.75 Å². The van der Waals surface area contributed by atoms with Crippen molar-refractivity contribution in [2.45, 2.75) is 31.4 Å². The second-order valence-electron chi connectivity index (χ2n) is 5.34. The van der Waals surface area contributed by atoms with E-state index in [9.17, 15) is 4.79 Å². The van der Waals surface area contributed by atoms with E-state index in [1.165, 1.54) is 0 Å². The third-order valence-corrected chi connectivity index (χ3v) is 3.86. The van der Waals surface area contributed by atoms with E-state index in [2.05, 4.69) is 5.32 Å². The molecule has 0 bridgehead atoms. The molecule has 1 fully saturated rings. The van der Waals surface area contributed by atoms with Crippen LogP contribution in [0.15, 0.2) is 24.3 Å². The zero-order chi connectivity index (χ0) is 15.3. The zero-order valence-corrected chi connectivity index (χ0v) is 12.9. The van der Waals surface area contributed by atoms with E-state index >= 15 is 0 Å². The summed E-state index contributed by atoms with van der Waals surface area (Å²) in [4.78, 5) is 12.2. The number of nitrogens with two attached hydrogens (primary N) is 1. The van der Waals surface area contributed by atoms with E-state index in [0.29, 0.717) is 43.4 Å². The molecule has 1 atom stereocenters. The molecule has 0 aromatic heterocycles. The highest BCUT2D eigenvalue weighted by Crippen LogP contribution is 2.24. The van der Waals surface area contributed by atoms with E-state index in [1.54, 1.807) is 12.1 Å². The summed E-state index contributed by atoms with van der Waals surface area (Å²) in [5, 5.41) is 3.40. The highest BCUT2D eigenvalue weighted by Gasteiger charge is 2.35. The number of carbonyl (C=O) groups is 1. The molecule has 1 saturated heterocycles. The molecule has 0 spiro atoms. The highest BCUT2D eigenvalue weighted by atomic mass is 35.5. The van der Waals surface area contributed by atoms with Crippen LogP contribution in [0.1, 0.15) is 19.8 Å². The summed E-state index contributed by atoms with van der Waals surface area (Å²) in [7, 11) is 0. The average molecular weight is 313 g/mol. The molecule has 1 unspecified atom stereocenters. The van der Waals surface area contributed by atoms with Crippen LogP contribution < -0.4 is 15.8 Å². The summed E-state index contributed by atoms with van der Waals surface area (Å²) in [5.41, 5.74) is 5.28. The minimum atomic E-state index is -0.831. The molecule has 1 aliphatic heterocycles. The van der Waals surface area contributed by atoms with Crippen molar-refractivity contribution in [1.82, 2.24) is 5.32 Å². The number of ether oxygens (including phenoxy) is 2. The maximum Gasteiger partial charge on any atom is 0.240 e. The van der Waals surface area contributed by atoms with Crippen LogP contribution in [0.5, 0.6) is 5.75 Å². The third kappa shape index (κ3) is 4.33. The lowest BCUT2D eigenvalue weighted by Gasteiger charge is -2.32. The summed E-state index contributed by atoms with van der Waals surface area (Å²) >= 11 is 6.03. The minimum absolute atomic E-state index is 0.152. The molecule has 0 radical (unpaired) electrons. The first kappa shape index (κ1) is 16.1. The number of benzene rings is 1. The Kier molecular flexibility index (Phi) is 5.45. The molecule has 0 saturated carbocycles. The zero-order valence-electron chi connectivity index (χ0n) is 12.1. The summed E-state index contributed by atoms with van der Waals surface area (Å²) in [6.45, 7) is 3.30. The van der Waals surface area contributed by atoms with Gasteiger partial charge in [0.15, 0.2) is 0 Å². The number of amides is 1. The first-order valence-electron chi connectivity index (χ1n) is 7.07. The van der Waals surface area contributed by atoms with E-state index in [0.717, 1.165) is 0 Å². The molecule has 21 heavy (non-hydrogen) atoms. The fourth-order valence-corrected chi connectivity index (χ4v) is 2.35. The molecule has 0 aliphatic carbocycles. The predicted molar refractivity (Wildman–Crippen MR) is 81.5 cm³/mol. The summed E-state index contributed by atoms with van der Waals surface area (Å²) < 4.78 is 10.9. The van der Waals surface area contributed by atoms with Gasteiger partial charge in [0.25, 0.3) is 0 Å². The van der Waals surface area contributed by atoms with Crippen molar-refractivity contribution >= 4 is 17.5 Å². The molecule has 1 heterocycles. The van der Waals surface area contributed by atoms with Gasteiger partial charge in [-0.2, -0.15) is 0 Å². The van der Waals surface area contributed by atoms with Gasteiger partial charge in [-0.25, -0.2) is 0 Å². The van der Waals surface area contributed by atoms with Crippen LogP contribution >= 0.6 is 11.6 Å². The second-order valence-corrected chi connectivity index (χ2v) is 5.74. The Morgan fingerprint density at radius 1 is 1.48 bits per heavy atom. The largest absolute Gasteiger partial charge is 0.487 e. The van der Waals surface area contributed by atoms with Crippen LogP contribution in [0, 0.1) is 0 Å². The molecule has 1 amide bonds. The fraction of sp³-hybridized carbons (Fsp3) is 0.533. The monoisotopic (exact) mass is 312 g/mol. The average Bonchev–Trinajstić information content (AvgIpc) is 2.48. The van der Waals surface area contributed by atoms with Gasteiger partial charge in [-0.1, -0.05) is 23.7 Å². The van der Waals surface area contributed by atoms with Crippen LogP contribution in [0.4, 0.5) is 0 Å². The van der Waals surface area contributed by atoms with Crippen LogP contribution in [-0.2, 0) is 9.53 Å². The van der Waals surface area contributed by atoms with E-state index < -0.39 is 5.54 Å². The highest BCUT2D eigenvalue weighted by molar-refractivity contribution is 6.32. The molecule has 1 aromatic rings. The Bertz CT molecular complexity index is 490. The summed E-state index contributed by atoms with van der Waals surface area (Å²) in [6, 6.07) is 7.25. The van der Waals surface area contributed by atoms with Gasteiger partial charge in [0, 0.05) is 13.2 Å². The predicted octanol–water partition coefficient (Wildman–Crippen LogP) is 1.73. The van der Waals surface area contributed by atoms with Crippen molar-refractivity contribution in [1.29, 1.82) is 0 Å². The molecule has 5 nitrogen and oxygen atoms in total. The van der Waals surface area contributed by atoms with Gasteiger partial charge in [-0.15, -0.1) is 0 Å². The number of rotatable bonds is 5. The molecular weight excluding hydrogens is 292 g/mol.